The summed E-state index contributed by atoms with van der Waals surface area (Å²) < 4.78 is 34.4. The maximum absolute atomic E-state index is 13.2. The fourth-order valence-corrected chi connectivity index (χ4v) is 5.26. The van der Waals surface area contributed by atoms with E-state index in [2.05, 4.69) is 14.9 Å². The second kappa shape index (κ2) is 6.88. The molecule has 1 saturated carbocycles. The zero-order valence-electron chi connectivity index (χ0n) is 15.0. The van der Waals surface area contributed by atoms with Crippen LogP contribution in [0.3, 0.4) is 0 Å². The Hall–Kier alpha value is -1.73. The van der Waals surface area contributed by atoms with Crippen molar-refractivity contribution in [2.75, 3.05) is 0 Å². The van der Waals surface area contributed by atoms with E-state index in [-0.39, 0.29) is 0 Å². The second-order valence-corrected chi connectivity index (χ2v) is 8.66. The summed E-state index contributed by atoms with van der Waals surface area (Å²) in [5.41, 5.74) is 0.839. The van der Waals surface area contributed by atoms with Crippen LogP contribution in [0.15, 0.2) is 27.6 Å². The molecule has 1 fully saturated rings. The Labute approximate surface area is 149 Å². The van der Waals surface area contributed by atoms with Crippen LogP contribution < -0.4 is 4.72 Å². The van der Waals surface area contributed by atoms with Gasteiger partial charge < -0.3 is 4.52 Å². The van der Waals surface area contributed by atoms with E-state index in [1.165, 1.54) is 0 Å². The number of rotatable bonds is 4. The van der Waals surface area contributed by atoms with Crippen molar-refractivity contribution in [2.24, 2.45) is 0 Å². The minimum Gasteiger partial charge on any atom is -0.340 e. The van der Waals surface area contributed by atoms with Gasteiger partial charge in [0.15, 0.2) is 5.82 Å². The molecule has 0 saturated heterocycles. The highest BCUT2D eigenvalue weighted by atomic mass is 32.2. The highest BCUT2D eigenvalue weighted by Gasteiger charge is 2.41. The first-order valence-corrected chi connectivity index (χ1v) is 10.2. The molecular formula is C18H25N3O3S. The molecule has 0 atom stereocenters. The lowest BCUT2D eigenvalue weighted by Gasteiger charge is -2.30. The third-order valence-electron chi connectivity index (χ3n) is 4.88. The first-order chi connectivity index (χ1) is 11.8. The van der Waals surface area contributed by atoms with E-state index >= 15 is 0 Å². The second-order valence-electron chi connectivity index (χ2n) is 7.01. The summed E-state index contributed by atoms with van der Waals surface area (Å²) in [6.45, 7) is 5.43. The number of hydrogen-bond donors (Lipinski definition) is 1. The standard InChI is InChI=1S/C18H25N3O3S/c1-13-8-9-14(2)16(12-13)25(22,23)21-18(10-6-4-5-7-11-18)17-19-15(3)24-20-17/h8-9,12,21H,4-7,10-11H2,1-3H3. The van der Waals surface area contributed by atoms with Gasteiger partial charge in [-0.15, -0.1) is 0 Å². The zero-order valence-corrected chi connectivity index (χ0v) is 15.8. The Balaban J connectivity index is 2.04. The predicted molar refractivity (Wildman–Crippen MR) is 94.7 cm³/mol. The number of aromatic nitrogens is 2. The molecule has 6 nitrogen and oxygen atoms in total. The summed E-state index contributed by atoms with van der Waals surface area (Å²) in [5, 5.41) is 4.06. The molecule has 0 aliphatic heterocycles. The number of nitrogens with zero attached hydrogens (tertiary/aromatic N) is 2. The summed E-state index contributed by atoms with van der Waals surface area (Å²) >= 11 is 0. The molecule has 0 spiro atoms. The van der Waals surface area contributed by atoms with Gasteiger partial charge in [0.05, 0.1) is 10.4 Å². The molecule has 2 aromatic rings. The van der Waals surface area contributed by atoms with Gasteiger partial charge in [0.25, 0.3) is 0 Å². The van der Waals surface area contributed by atoms with Crippen LogP contribution in [0.4, 0.5) is 0 Å². The summed E-state index contributed by atoms with van der Waals surface area (Å²) in [7, 11) is -3.70. The largest absolute Gasteiger partial charge is 0.340 e. The smallest absolute Gasteiger partial charge is 0.241 e. The molecule has 3 rings (SSSR count). The van der Waals surface area contributed by atoms with E-state index < -0.39 is 15.6 Å². The maximum atomic E-state index is 13.2. The quantitative estimate of drug-likeness (QED) is 0.840. The minimum atomic E-state index is -3.70. The first kappa shape index (κ1) is 18.1. The van der Waals surface area contributed by atoms with Gasteiger partial charge in [0.1, 0.15) is 0 Å². The Morgan fingerprint density at radius 1 is 1.08 bits per heavy atom. The van der Waals surface area contributed by atoms with E-state index in [4.69, 9.17) is 4.52 Å². The van der Waals surface area contributed by atoms with E-state index in [1.54, 1.807) is 13.0 Å². The molecule has 0 bridgehead atoms. The van der Waals surface area contributed by atoms with E-state index in [9.17, 15) is 8.42 Å². The van der Waals surface area contributed by atoms with Gasteiger partial charge in [-0.2, -0.15) is 9.71 Å². The van der Waals surface area contributed by atoms with Crippen molar-refractivity contribution < 1.29 is 12.9 Å². The lowest BCUT2D eigenvalue weighted by atomic mass is 9.91. The van der Waals surface area contributed by atoms with E-state index in [0.717, 1.165) is 36.8 Å². The van der Waals surface area contributed by atoms with Crippen molar-refractivity contribution >= 4 is 10.0 Å². The van der Waals surface area contributed by atoms with Gasteiger partial charge in [-0.05, 0) is 43.9 Å². The van der Waals surface area contributed by atoms with Crippen molar-refractivity contribution in [1.82, 2.24) is 14.9 Å². The van der Waals surface area contributed by atoms with Gasteiger partial charge in [0.2, 0.25) is 15.9 Å². The average Bonchev–Trinajstić information content (AvgIpc) is 2.86. The monoisotopic (exact) mass is 363 g/mol. The van der Waals surface area contributed by atoms with Gasteiger partial charge in [-0.25, -0.2) is 8.42 Å². The van der Waals surface area contributed by atoms with Gasteiger partial charge in [-0.3, -0.25) is 0 Å². The maximum Gasteiger partial charge on any atom is 0.241 e. The summed E-state index contributed by atoms with van der Waals surface area (Å²) in [5.74, 6) is 0.894. The molecule has 136 valence electrons. The van der Waals surface area contributed by atoms with Crippen LogP contribution in [0.1, 0.15) is 61.4 Å². The predicted octanol–water partition coefficient (Wildman–Crippen LogP) is 3.52. The molecule has 1 aromatic carbocycles. The topological polar surface area (TPSA) is 85.1 Å². The van der Waals surface area contributed by atoms with Gasteiger partial charge in [-0.1, -0.05) is 43.0 Å². The highest BCUT2D eigenvalue weighted by molar-refractivity contribution is 7.89. The van der Waals surface area contributed by atoms with E-state index in [1.807, 2.05) is 26.0 Å². The van der Waals surface area contributed by atoms with Crippen LogP contribution in [0.2, 0.25) is 0 Å². The number of aryl methyl sites for hydroxylation is 3. The van der Waals surface area contributed by atoms with Crippen molar-refractivity contribution in [1.29, 1.82) is 0 Å². The summed E-state index contributed by atoms with van der Waals surface area (Å²) in [6, 6.07) is 5.46. The van der Waals surface area contributed by atoms with Crippen LogP contribution in [0.5, 0.6) is 0 Å². The summed E-state index contributed by atoms with van der Waals surface area (Å²) in [6.07, 6.45) is 5.39. The molecule has 1 aliphatic rings. The summed E-state index contributed by atoms with van der Waals surface area (Å²) in [4.78, 5) is 4.68. The zero-order chi connectivity index (χ0) is 18.1. The first-order valence-electron chi connectivity index (χ1n) is 8.74. The molecule has 1 heterocycles. The average molecular weight is 363 g/mol. The fraction of sp³-hybridized carbons (Fsp3) is 0.556. The number of benzene rings is 1. The normalized spacial score (nSPS) is 18.0. The number of nitrogens with one attached hydrogen (secondary N) is 1. The molecule has 1 aliphatic carbocycles. The lowest BCUT2D eigenvalue weighted by molar-refractivity contribution is 0.301. The van der Waals surface area contributed by atoms with Crippen LogP contribution in [-0.4, -0.2) is 18.6 Å². The van der Waals surface area contributed by atoms with Crippen LogP contribution in [0.25, 0.3) is 0 Å². The van der Waals surface area contributed by atoms with Gasteiger partial charge in [0, 0.05) is 6.92 Å². The Bertz CT molecular complexity index is 850. The third kappa shape index (κ3) is 3.77. The van der Waals surface area contributed by atoms with Crippen molar-refractivity contribution in [2.45, 2.75) is 69.7 Å². The van der Waals surface area contributed by atoms with Crippen LogP contribution >= 0.6 is 0 Å². The molecule has 7 heteroatoms. The highest BCUT2D eigenvalue weighted by Crippen LogP contribution is 2.36. The molecule has 1 aromatic heterocycles. The molecule has 25 heavy (non-hydrogen) atoms. The van der Waals surface area contributed by atoms with Crippen molar-refractivity contribution in [3.63, 3.8) is 0 Å². The molecule has 1 N–H and O–H groups in total. The number of hydrogen-bond acceptors (Lipinski definition) is 5. The lowest BCUT2D eigenvalue weighted by Crippen LogP contribution is -2.46. The Morgan fingerprint density at radius 2 is 1.76 bits per heavy atom. The molecule has 0 unspecified atom stereocenters. The molecule has 0 radical (unpaired) electrons. The molecular weight excluding hydrogens is 338 g/mol. The van der Waals surface area contributed by atoms with Crippen LogP contribution in [-0.2, 0) is 15.6 Å². The van der Waals surface area contributed by atoms with Crippen molar-refractivity contribution in [3.8, 4) is 0 Å². The van der Waals surface area contributed by atoms with Gasteiger partial charge >= 0.3 is 0 Å². The third-order valence-corrected chi connectivity index (χ3v) is 6.55. The van der Waals surface area contributed by atoms with Crippen molar-refractivity contribution in [3.05, 3.63) is 41.0 Å². The van der Waals surface area contributed by atoms with E-state index in [0.29, 0.717) is 29.5 Å². The minimum absolute atomic E-state index is 0.316. The molecule has 0 amide bonds. The fourth-order valence-electron chi connectivity index (χ4n) is 3.51. The SMILES string of the molecule is Cc1ccc(C)c(S(=O)(=O)NC2(c3noc(C)n3)CCCCCC2)c1. The Morgan fingerprint density at radius 3 is 2.36 bits per heavy atom. The van der Waals surface area contributed by atoms with Crippen LogP contribution in [0, 0.1) is 20.8 Å². The number of sulfonamides is 1. The Kier molecular flexibility index (Phi) is 4.97.